The first kappa shape index (κ1) is 16.5. The van der Waals surface area contributed by atoms with Crippen molar-refractivity contribution in [3.63, 3.8) is 0 Å². The van der Waals surface area contributed by atoms with Crippen LogP contribution in [0.1, 0.15) is 41.6 Å². The number of rotatable bonds is 3. The molecular weight excluding hydrogens is 286 g/mol. The SMILES string of the molecule is CN(C)Cc1ccc(C(=O)N2CCC3(CCNCC3)CC2)cc1. The summed E-state index contributed by atoms with van der Waals surface area (Å²) in [5.74, 6) is 0.199. The summed E-state index contributed by atoms with van der Waals surface area (Å²) in [5, 5.41) is 3.45. The molecule has 0 aromatic heterocycles. The lowest BCUT2D eigenvalue weighted by molar-refractivity contribution is 0.0495. The molecule has 3 rings (SSSR count). The molecule has 0 saturated carbocycles. The van der Waals surface area contributed by atoms with Gasteiger partial charge in [-0.15, -0.1) is 0 Å². The zero-order valence-electron chi connectivity index (χ0n) is 14.5. The van der Waals surface area contributed by atoms with Crippen LogP contribution in [-0.2, 0) is 6.54 Å². The number of nitrogens with one attached hydrogen (secondary N) is 1. The average molecular weight is 315 g/mol. The van der Waals surface area contributed by atoms with Crippen LogP contribution in [-0.4, -0.2) is 56.0 Å². The predicted molar refractivity (Wildman–Crippen MR) is 93.5 cm³/mol. The van der Waals surface area contributed by atoms with Crippen LogP contribution in [0.2, 0.25) is 0 Å². The molecule has 4 nitrogen and oxygen atoms in total. The predicted octanol–water partition coefficient (Wildman–Crippen LogP) is 2.35. The van der Waals surface area contributed by atoms with Gasteiger partial charge in [-0.05, 0) is 76.0 Å². The van der Waals surface area contributed by atoms with Crippen molar-refractivity contribution in [2.75, 3.05) is 40.3 Å². The highest BCUT2D eigenvalue weighted by atomic mass is 16.2. The van der Waals surface area contributed by atoms with Crippen LogP contribution < -0.4 is 5.32 Å². The molecule has 1 amide bonds. The number of benzene rings is 1. The molecule has 126 valence electrons. The molecule has 1 aromatic carbocycles. The topological polar surface area (TPSA) is 35.6 Å². The summed E-state index contributed by atoms with van der Waals surface area (Å²) in [7, 11) is 4.12. The molecule has 2 aliphatic rings. The first-order valence-corrected chi connectivity index (χ1v) is 8.82. The fourth-order valence-electron chi connectivity index (χ4n) is 3.94. The fourth-order valence-corrected chi connectivity index (χ4v) is 3.94. The van der Waals surface area contributed by atoms with Crippen molar-refractivity contribution in [2.45, 2.75) is 32.2 Å². The van der Waals surface area contributed by atoms with Crippen molar-refractivity contribution in [3.05, 3.63) is 35.4 Å². The van der Waals surface area contributed by atoms with E-state index in [2.05, 4.69) is 36.4 Å². The van der Waals surface area contributed by atoms with E-state index in [1.807, 2.05) is 17.0 Å². The van der Waals surface area contributed by atoms with Crippen LogP contribution in [0.15, 0.2) is 24.3 Å². The average Bonchev–Trinajstić information content (AvgIpc) is 2.56. The molecule has 0 atom stereocenters. The summed E-state index contributed by atoms with van der Waals surface area (Å²) in [6, 6.07) is 8.11. The Kier molecular flexibility index (Phi) is 5.02. The monoisotopic (exact) mass is 315 g/mol. The Bertz CT molecular complexity index is 522. The fraction of sp³-hybridized carbons (Fsp3) is 0.632. The van der Waals surface area contributed by atoms with Crippen LogP contribution in [0.5, 0.6) is 0 Å². The molecule has 1 spiro atoms. The Labute approximate surface area is 139 Å². The standard InChI is InChI=1S/C19H29N3O/c1-21(2)15-16-3-5-17(6-4-16)18(23)22-13-9-19(10-14-22)7-11-20-12-8-19/h3-6,20H,7-15H2,1-2H3. The lowest BCUT2D eigenvalue weighted by atomic mass is 9.71. The van der Waals surface area contributed by atoms with E-state index in [1.165, 1.54) is 31.2 Å². The second kappa shape index (κ2) is 7.02. The van der Waals surface area contributed by atoms with Crippen molar-refractivity contribution < 1.29 is 4.79 Å². The summed E-state index contributed by atoms with van der Waals surface area (Å²) in [6.07, 6.45) is 4.88. The maximum absolute atomic E-state index is 12.7. The van der Waals surface area contributed by atoms with Gasteiger partial charge < -0.3 is 15.1 Å². The molecule has 0 radical (unpaired) electrons. The molecule has 2 heterocycles. The van der Waals surface area contributed by atoms with E-state index >= 15 is 0 Å². The summed E-state index contributed by atoms with van der Waals surface area (Å²) in [5.41, 5.74) is 2.57. The number of amides is 1. The highest BCUT2D eigenvalue weighted by Gasteiger charge is 2.36. The van der Waals surface area contributed by atoms with Gasteiger partial charge in [0.25, 0.3) is 5.91 Å². The maximum atomic E-state index is 12.7. The van der Waals surface area contributed by atoms with Crippen molar-refractivity contribution in [2.24, 2.45) is 5.41 Å². The van der Waals surface area contributed by atoms with Crippen LogP contribution in [0.25, 0.3) is 0 Å². The largest absolute Gasteiger partial charge is 0.339 e. The van der Waals surface area contributed by atoms with Gasteiger partial charge >= 0.3 is 0 Å². The second-order valence-electron chi connectivity index (χ2n) is 7.48. The molecule has 2 fully saturated rings. The molecule has 23 heavy (non-hydrogen) atoms. The number of hydrogen-bond acceptors (Lipinski definition) is 3. The minimum Gasteiger partial charge on any atom is -0.339 e. The zero-order valence-corrected chi connectivity index (χ0v) is 14.5. The van der Waals surface area contributed by atoms with Crippen molar-refractivity contribution in [3.8, 4) is 0 Å². The lowest BCUT2D eigenvalue weighted by Crippen LogP contribution is -2.47. The molecule has 1 aromatic rings. The number of carbonyl (C=O) groups excluding carboxylic acids is 1. The number of nitrogens with zero attached hydrogens (tertiary/aromatic N) is 2. The summed E-state index contributed by atoms with van der Waals surface area (Å²) >= 11 is 0. The minimum absolute atomic E-state index is 0.199. The second-order valence-corrected chi connectivity index (χ2v) is 7.48. The van der Waals surface area contributed by atoms with E-state index in [0.717, 1.165) is 38.3 Å². The van der Waals surface area contributed by atoms with Gasteiger partial charge in [-0.3, -0.25) is 4.79 Å². The van der Waals surface area contributed by atoms with E-state index in [9.17, 15) is 4.79 Å². The van der Waals surface area contributed by atoms with Crippen molar-refractivity contribution in [1.29, 1.82) is 0 Å². The molecule has 2 saturated heterocycles. The molecule has 0 aliphatic carbocycles. The van der Waals surface area contributed by atoms with Crippen LogP contribution in [0, 0.1) is 5.41 Å². The van der Waals surface area contributed by atoms with Gasteiger partial charge in [0, 0.05) is 25.2 Å². The van der Waals surface area contributed by atoms with E-state index in [-0.39, 0.29) is 5.91 Å². The highest BCUT2D eigenvalue weighted by molar-refractivity contribution is 5.94. The number of piperidine rings is 2. The number of hydrogen-bond donors (Lipinski definition) is 1. The van der Waals surface area contributed by atoms with Gasteiger partial charge in [-0.1, -0.05) is 12.1 Å². The van der Waals surface area contributed by atoms with E-state index in [0.29, 0.717) is 5.41 Å². The van der Waals surface area contributed by atoms with Gasteiger partial charge in [0.1, 0.15) is 0 Å². The van der Waals surface area contributed by atoms with E-state index in [1.54, 1.807) is 0 Å². The lowest BCUT2D eigenvalue weighted by Gasteiger charge is -2.44. The highest BCUT2D eigenvalue weighted by Crippen LogP contribution is 2.39. The number of likely N-dealkylation sites (tertiary alicyclic amines) is 1. The maximum Gasteiger partial charge on any atom is 0.253 e. The number of carbonyl (C=O) groups is 1. The van der Waals surface area contributed by atoms with Crippen molar-refractivity contribution >= 4 is 5.91 Å². The van der Waals surface area contributed by atoms with Crippen LogP contribution in [0.3, 0.4) is 0 Å². The van der Waals surface area contributed by atoms with Crippen LogP contribution in [0.4, 0.5) is 0 Å². The first-order chi connectivity index (χ1) is 11.1. The minimum atomic E-state index is 0.199. The summed E-state index contributed by atoms with van der Waals surface area (Å²) in [4.78, 5) is 16.9. The summed E-state index contributed by atoms with van der Waals surface area (Å²) in [6.45, 7) is 5.02. The van der Waals surface area contributed by atoms with Crippen LogP contribution >= 0.6 is 0 Å². The van der Waals surface area contributed by atoms with Crippen molar-refractivity contribution in [1.82, 2.24) is 15.1 Å². The van der Waals surface area contributed by atoms with Gasteiger partial charge in [-0.25, -0.2) is 0 Å². The molecule has 2 aliphatic heterocycles. The smallest absolute Gasteiger partial charge is 0.253 e. The molecule has 4 heteroatoms. The Morgan fingerprint density at radius 1 is 1.09 bits per heavy atom. The third-order valence-electron chi connectivity index (χ3n) is 5.48. The Balaban J connectivity index is 1.58. The Hall–Kier alpha value is -1.39. The van der Waals surface area contributed by atoms with Gasteiger partial charge in [0.2, 0.25) is 0 Å². The molecule has 1 N–H and O–H groups in total. The third-order valence-corrected chi connectivity index (χ3v) is 5.48. The Morgan fingerprint density at radius 3 is 2.26 bits per heavy atom. The molecule has 0 unspecified atom stereocenters. The third kappa shape index (κ3) is 3.93. The zero-order chi connectivity index (χ0) is 16.3. The van der Waals surface area contributed by atoms with E-state index in [4.69, 9.17) is 0 Å². The van der Waals surface area contributed by atoms with Gasteiger partial charge in [0.15, 0.2) is 0 Å². The molecular formula is C19H29N3O. The first-order valence-electron chi connectivity index (χ1n) is 8.82. The normalized spacial score (nSPS) is 20.9. The van der Waals surface area contributed by atoms with Gasteiger partial charge in [0.05, 0.1) is 0 Å². The quantitative estimate of drug-likeness (QED) is 0.930. The van der Waals surface area contributed by atoms with E-state index < -0.39 is 0 Å². The summed E-state index contributed by atoms with van der Waals surface area (Å²) < 4.78 is 0. The molecule has 0 bridgehead atoms. The Morgan fingerprint density at radius 2 is 1.70 bits per heavy atom. The van der Waals surface area contributed by atoms with Gasteiger partial charge in [-0.2, -0.15) is 0 Å².